The molecule has 0 N–H and O–H groups in total. The molecule has 0 radical (unpaired) electrons. The van der Waals surface area contributed by atoms with Gasteiger partial charge in [-0.05, 0) is 61.2 Å². The van der Waals surface area contributed by atoms with Crippen LogP contribution in [0.4, 0.5) is 0 Å². The third-order valence-electron chi connectivity index (χ3n) is 7.48. The maximum atomic E-state index is 6.25. The van der Waals surface area contributed by atoms with Gasteiger partial charge in [0.25, 0.3) is 0 Å². The van der Waals surface area contributed by atoms with Gasteiger partial charge in [-0.3, -0.25) is 0 Å². The van der Waals surface area contributed by atoms with Crippen LogP contribution in [0, 0.1) is 35.5 Å². The minimum atomic E-state index is 0.621. The van der Waals surface area contributed by atoms with Crippen molar-refractivity contribution in [2.24, 2.45) is 35.5 Å². The van der Waals surface area contributed by atoms with Crippen LogP contribution in [0.25, 0.3) is 0 Å². The summed E-state index contributed by atoms with van der Waals surface area (Å²) in [5, 5.41) is 0. The molecule has 0 amide bonds. The number of ether oxygens (including phenoxy) is 2. The molecule has 8 atom stereocenters. The summed E-state index contributed by atoms with van der Waals surface area (Å²) < 4.78 is 12.5. The van der Waals surface area contributed by atoms with Gasteiger partial charge in [0.15, 0.2) is 0 Å². The molecule has 20 heavy (non-hydrogen) atoms. The second-order valence-corrected chi connectivity index (χ2v) is 8.12. The van der Waals surface area contributed by atoms with Crippen LogP contribution >= 0.6 is 0 Å². The molecule has 3 saturated carbocycles. The third-order valence-corrected chi connectivity index (χ3v) is 7.48. The molecular formula is C18H28O2. The van der Waals surface area contributed by atoms with Crippen LogP contribution in [0.15, 0.2) is 0 Å². The first-order valence-corrected chi connectivity index (χ1v) is 9.16. The van der Waals surface area contributed by atoms with Gasteiger partial charge >= 0.3 is 0 Å². The zero-order valence-corrected chi connectivity index (χ0v) is 12.5. The van der Waals surface area contributed by atoms with E-state index in [2.05, 4.69) is 0 Å². The predicted octanol–water partition coefficient (Wildman–Crippen LogP) is 3.64. The van der Waals surface area contributed by atoms with Crippen molar-refractivity contribution in [2.75, 3.05) is 13.2 Å². The second kappa shape index (κ2) is 4.71. The molecule has 112 valence electrons. The summed E-state index contributed by atoms with van der Waals surface area (Å²) in [6.07, 6.45) is 12.5. The lowest BCUT2D eigenvalue weighted by Crippen LogP contribution is -2.65. The molecule has 5 aliphatic rings. The Morgan fingerprint density at radius 3 is 1.45 bits per heavy atom. The minimum absolute atomic E-state index is 0.621. The smallest absolute Gasteiger partial charge is 0.0606 e. The van der Waals surface area contributed by atoms with Crippen LogP contribution < -0.4 is 0 Å². The number of hydrogen-bond donors (Lipinski definition) is 0. The van der Waals surface area contributed by atoms with Gasteiger partial charge in [-0.1, -0.05) is 25.7 Å². The van der Waals surface area contributed by atoms with Crippen molar-refractivity contribution in [1.29, 1.82) is 0 Å². The van der Waals surface area contributed by atoms with E-state index in [1.807, 2.05) is 0 Å². The molecule has 0 aromatic rings. The number of rotatable bonds is 0. The van der Waals surface area contributed by atoms with E-state index in [4.69, 9.17) is 9.47 Å². The van der Waals surface area contributed by atoms with E-state index in [0.717, 1.165) is 48.7 Å². The van der Waals surface area contributed by atoms with Crippen LogP contribution in [0.3, 0.4) is 0 Å². The molecule has 2 heteroatoms. The van der Waals surface area contributed by atoms with Crippen LogP contribution in [-0.4, -0.2) is 25.4 Å². The van der Waals surface area contributed by atoms with Gasteiger partial charge in [-0.15, -0.1) is 0 Å². The lowest BCUT2D eigenvalue weighted by molar-refractivity contribution is -0.268. The molecular weight excluding hydrogens is 248 g/mol. The topological polar surface area (TPSA) is 18.5 Å². The zero-order valence-electron chi connectivity index (χ0n) is 12.5. The Bertz CT molecular complexity index is 346. The fourth-order valence-electron chi connectivity index (χ4n) is 6.69. The molecule has 5 rings (SSSR count). The molecule has 2 aliphatic heterocycles. The quantitative estimate of drug-likeness (QED) is 0.672. The SMILES string of the molecule is C1CCC2C(C1)OC[C@@H]1[C@H]3COC4CCCCC4[C@H]3[C@H]21. The van der Waals surface area contributed by atoms with Gasteiger partial charge < -0.3 is 9.47 Å². The largest absolute Gasteiger partial charge is 0.378 e. The van der Waals surface area contributed by atoms with Gasteiger partial charge in [0, 0.05) is 0 Å². The van der Waals surface area contributed by atoms with Gasteiger partial charge in [0.1, 0.15) is 0 Å². The fourth-order valence-corrected chi connectivity index (χ4v) is 6.69. The summed E-state index contributed by atoms with van der Waals surface area (Å²) in [5.41, 5.74) is 0. The van der Waals surface area contributed by atoms with Crippen molar-refractivity contribution in [1.82, 2.24) is 0 Å². The van der Waals surface area contributed by atoms with E-state index < -0.39 is 0 Å². The van der Waals surface area contributed by atoms with E-state index in [-0.39, 0.29) is 0 Å². The molecule has 0 aromatic heterocycles. The lowest BCUT2D eigenvalue weighted by Gasteiger charge is -2.65. The minimum Gasteiger partial charge on any atom is -0.378 e. The van der Waals surface area contributed by atoms with Crippen molar-refractivity contribution in [3.8, 4) is 0 Å². The molecule has 3 aliphatic carbocycles. The molecule has 2 nitrogen and oxygen atoms in total. The van der Waals surface area contributed by atoms with Gasteiger partial charge in [-0.25, -0.2) is 0 Å². The van der Waals surface area contributed by atoms with Gasteiger partial charge in [0.05, 0.1) is 25.4 Å². The Morgan fingerprint density at radius 2 is 0.950 bits per heavy atom. The molecule has 2 heterocycles. The summed E-state index contributed by atoms with van der Waals surface area (Å²) in [6, 6.07) is 0. The van der Waals surface area contributed by atoms with Crippen molar-refractivity contribution >= 4 is 0 Å². The second-order valence-electron chi connectivity index (χ2n) is 8.12. The van der Waals surface area contributed by atoms with Crippen molar-refractivity contribution in [2.45, 2.75) is 63.6 Å². The molecule has 2 saturated heterocycles. The fraction of sp³-hybridized carbons (Fsp3) is 1.00. The summed E-state index contributed by atoms with van der Waals surface area (Å²) >= 11 is 0. The van der Waals surface area contributed by atoms with Crippen molar-refractivity contribution < 1.29 is 9.47 Å². The first kappa shape index (κ1) is 12.5. The maximum Gasteiger partial charge on any atom is 0.0606 e. The molecule has 4 unspecified atom stereocenters. The van der Waals surface area contributed by atoms with Gasteiger partial charge in [0.2, 0.25) is 0 Å². The van der Waals surface area contributed by atoms with Crippen LogP contribution in [0.1, 0.15) is 51.4 Å². The summed E-state index contributed by atoms with van der Waals surface area (Å²) in [5.74, 6) is 5.53. The van der Waals surface area contributed by atoms with E-state index >= 15 is 0 Å². The van der Waals surface area contributed by atoms with Gasteiger partial charge in [-0.2, -0.15) is 0 Å². The Balaban J connectivity index is 1.42. The van der Waals surface area contributed by atoms with E-state index in [0.29, 0.717) is 12.2 Å². The standard InChI is InChI=1S/C18H28O2/c1-3-7-15-11(5-1)17-13(9-19-15)14-10-20-16-8-4-2-6-12(16)18(14)17/h11-18H,1-10H2/t11?,12?,13-,14-,15?,16?,17-,18-/m1/s1. The first-order chi connectivity index (χ1) is 9.93. The highest BCUT2D eigenvalue weighted by atomic mass is 16.5. The lowest BCUT2D eigenvalue weighted by atomic mass is 9.45. The summed E-state index contributed by atoms with van der Waals surface area (Å²) in [7, 11) is 0. The Labute approximate surface area is 122 Å². The van der Waals surface area contributed by atoms with E-state index in [9.17, 15) is 0 Å². The molecule has 0 spiro atoms. The highest BCUT2D eigenvalue weighted by Crippen LogP contribution is 2.62. The number of hydrogen-bond acceptors (Lipinski definition) is 2. The highest BCUT2D eigenvalue weighted by Gasteiger charge is 2.62. The van der Waals surface area contributed by atoms with Crippen LogP contribution in [0.5, 0.6) is 0 Å². The van der Waals surface area contributed by atoms with Crippen molar-refractivity contribution in [3.05, 3.63) is 0 Å². The Morgan fingerprint density at radius 1 is 0.500 bits per heavy atom. The Kier molecular flexibility index (Phi) is 2.93. The highest BCUT2D eigenvalue weighted by molar-refractivity contribution is 5.09. The number of fused-ring (bicyclic) bond motifs is 8. The Hall–Kier alpha value is -0.0800. The average Bonchev–Trinajstić information content (AvgIpc) is 2.49. The first-order valence-electron chi connectivity index (χ1n) is 9.16. The average molecular weight is 276 g/mol. The van der Waals surface area contributed by atoms with Crippen LogP contribution in [-0.2, 0) is 9.47 Å². The summed E-state index contributed by atoms with van der Waals surface area (Å²) in [4.78, 5) is 0. The van der Waals surface area contributed by atoms with Crippen molar-refractivity contribution in [3.63, 3.8) is 0 Å². The molecule has 0 bridgehead atoms. The normalized spacial score (nSPS) is 57.6. The monoisotopic (exact) mass is 276 g/mol. The predicted molar refractivity (Wildman–Crippen MR) is 77.4 cm³/mol. The van der Waals surface area contributed by atoms with E-state index in [1.165, 1.54) is 51.4 Å². The molecule has 5 fully saturated rings. The summed E-state index contributed by atoms with van der Waals surface area (Å²) in [6.45, 7) is 2.10. The maximum absolute atomic E-state index is 6.25. The zero-order chi connectivity index (χ0) is 13.1. The van der Waals surface area contributed by atoms with E-state index in [1.54, 1.807) is 0 Å². The van der Waals surface area contributed by atoms with Crippen LogP contribution in [0.2, 0.25) is 0 Å². The third kappa shape index (κ3) is 1.64. The molecule has 0 aromatic carbocycles.